The second-order valence-corrected chi connectivity index (χ2v) is 4.80. The third kappa shape index (κ3) is 3.57. The molecule has 2 rings (SSSR count). The molecule has 0 fully saturated rings. The van der Waals surface area contributed by atoms with Crippen molar-refractivity contribution in [1.29, 1.82) is 0 Å². The molecule has 0 aliphatic carbocycles. The zero-order valence-corrected chi connectivity index (χ0v) is 12.8. The van der Waals surface area contributed by atoms with Crippen LogP contribution in [0.4, 0.5) is 17.8 Å². The van der Waals surface area contributed by atoms with Gasteiger partial charge in [-0.1, -0.05) is 6.92 Å². The second kappa shape index (κ2) is 6.35. The molecule has 0 unspecified atom stereocenters. The number of hydrogen-bond acceptors (Lipinski definition) is 8. The Morgan fingerprint density at radius 1 is 1.24 bits per heavy atom. The summed E-state index contributed by atoms with van der Waals surface area (Å²) in [5.74, 6) is 6.69. The molecule has 0 amide bonds. The molecule has 0 radical (unpaired) electrons. The fraction of sp³-hybridized carbons (Fsp3) is 0.500. The van der Waals surface area contributed by atoms with Crippen molar-refractivity contribution in [3.8, 4) is 0 Å². The van der Waals surface area contributed by atoms with E-state index in [1.54, 1.807) is 9.58 Å². The molecule has 0 aliphatic rings. The summed E-state index contributed by atoms with van der Waals surface area (Å²) in [4.78, 5) is 14.5. The highest BCUT2D eigenvalue weighted by atomic mass is 15.4. The minimum atomic E-state index is 0.318. The number of nitrogens with two attached hydrogens (primary N) is 1. The highest BCUT2D eigenvalue weighted by molar-refractivity contribution is 5.42. The Bertz CT molecular complexity index is 605. The molecule has 9 nitrogen and oxygen atoms in total. The molecule has 0 bridgehead atoms. The lowest BCUT2D eigenvalue weighted by molar-refractivity contribution is 0.746. The predicted molar refractivity (Wildman–Crippen MR) is 81.9 cm³/mol. The van der Waals surface area contributed by atoms with E-state index in [4.69, 9.17) is 5.84 Å². The van der Waals surface area contributed by atoms with Crippen LogP contribution in [0, 0.1) is 0 Å². The van der Waals surface area contributed by atoms with E-state index in [0.29, 0.717) is 24.4 Å². The molecule has 0 saturated heterocycles. The number of anilines is 3. The van der Waals surface area contributed by atoms with E-state index >= 15 is 0 Å². The van der Waals surface area contributed by atoms with Crippen molar-refractivity contribution in [3.05, 3.63) is 17.5 Å². The van der Waals surface area contributed by atoms with Gasteiger partial charge in [-0.05, 0) is 6.42 Å². The summed E-state index contributed by atoms with van der Waals surface area (Å²) >= 11 is 0. The topological polar surface area (TPSA) is 110 Å². The number of aryl methyl sites for hydroxylation is 2. The zero-order chi connectivity index (χ0) is 15.4. The van der Waals surface area contributed by atoms with Gasteiger partial charge in [0.15, 0.2) is 0 Å². The number of aromatic nitrogens is 5. The van der Waals surface area contributed by atoms with Crippen molar-refractivity contribution in [2.75, 3.05) is 29.7 Å². The monoisotopic (exact) mass is 291 g/mol. The normalized spacial score (nSPS) is 10.5. The molecule has 9 heteroatoms. The van der Waals surface area contributed by atoms with Crippen LogP contribution < -0.4 is 21.5 Å². The summed E-state index contributed by atoms with van der Waals surface area (Å²) in [5, 5.41) is 7.59. The van der Waals surface area contributed by atoms with E-state index in [-0.39, 0.29) is 0 Å². The Balaban J connectivity index is 2.17. The number of hydrogen-bond donors (Lipinski definition) is 3. The van der Waals surface area contributed by atoms with E-state index in [1.807, 2.05) is 27.3 Å². The van der Waals surface area contributed by atoms with E-state index < -0.39 is 0 Å². The predicted octanol–water partition coefficient (Wildman–Crippen LogP) is 0.131. The summed E-state index contributed by atoms with van der Waals surface area (Å²) in [5.41, 5.74) is 4.62. The first-order valence-corrected chi connectivity index (χ1v) is 6.68. The van der Waals surface area contributed by atoms with Gasteiger partial charge in [0.2, 0.25) is 17.8 Å². The highest BCUT2D eigenvalue weighted by Gasteiger charge is 2.09. The van der Waals surface area contributed by atoms with Crippen LogP contribution in [0.25, 0.3) is 0 Å². The first-order valence-electron chi connectivity index (χ1n) is 6.68. The van der Waals surface area contributed by atoms with Crippen LogP contribution in [0.5, 0.6) is 0 Å². The van der Waals surface area contributed by atoms with Crippen molar-refractivity contribution >= 4 is 17.8 Å². The Morgan fingerprint density at radius 2 is 1.95 bits per heavy atom. The smallest absolute Gasteiger partial charge is 0.243 e. The number of nitrogens with zero attached hydrogens (tertiary/aromatic N) is 6. The third-order valence-corrected chi connectivity index (χ3v) is 2.92. The molecule has 0 aromatic carbocycles. The van der Waals surface area contributed by atoms with Crippen molar-refractivity contribution < 1.29 is 0 Å². The summed E-state index contributed by atoms with van der Waals surface area (Å²) in [6, 6.07) is 0. The molecule has 2 aromatic heterocycles. The molecule has 21 heavy (non-hydrogen) atoms. The zero-order valence-electron chi connectivity index (χ0n) is 12.8. The number of nitrogens with one attached hydrogen (secondary N) is 2. The number of hydrazine groups is 1. The maximum absolute atomic E-state index is 5.38. The van der Waals surface area contributed by atoms with Crippen LogP contribution in [-0.2, 0) is 20.0 Å². The molecule has 0 atom stereocenters. The van der Waals surface area contributed by atoms with Crippen LogP contribution in [0.2, 0.25) is 0 Å². The molecule has 0 saturated carbocycles. The summed E-state index contributed by atoms with van der Waals surface area (Å²) in [6.45, 7) is 2.67. The summed E-state index contributed by atoms with van der Waals surface area (Å²) in [6.07, 6.45) is 2.87. The maximum atomic E-state index is 5.38. The number of rotatable bonds is 6. The lowest BCUT2D eigenvalue weighted by Crippen LogP contribution is -2.19. The van der Waals surface area contributed by atoms with Gasteiger partial charge in [-0.3, -0.25) is 10.1 Å². The Labute approximate surface area is 123 Å². The number of nitrogen functional groups attached to an aromatic ring is 1. The van der Waals surface area contributed by atoms with Crippen molar-refractivity contribution in [3.63, 3.8) is 0 Å². The van der Waals surface area contributed by atoms with Gasteiger partial charge in [-0.15, -0.1) is 0 Å². The average Bonchev–Trinajstić information content (AvgIpc) is 2.84. The van der Waals surface area contributed by atoms with Gasteiger partial charge in [0.05, 0.1) is 5.69 Å². The fourth-order valence-corrected chi connectivity index (χ4v) is 1.91. The first kappa shape index (κ1) is 15.0. The Hall–Kier alpha value is -2.42. The van der Waals surface area contributed by atoms with Gasteiger partial charge >= 0.3 is 0 Å². The average molecular weight is 291 g/mol. The first-order chi connectivity index (χ1) is 10.0. The third-order valence-electron chi connectivity index (χ3n) is 2.92. The van der Waals surface area contributed by atoms with Crippen molar-refractivity contribution in [2.45, 2.75) is 19.9 Å². The maximum Gasteiger partial charge on any atom is 0.243 e. The fourth-order valence-electron chi connectivity index (χ4n) is 1.91. The summed E-state index contributed by atoms with van der Waals surface area (Å²) in [7, 11) is 5.62. The molecule has 114 valence electrons. The van der Waals surface area contributed by atoms with Crippen LogP contribution in [0.3, 0.4) is 0 Å². The van der Waals surface area contributed by atoms with E-state index in [1.165, 1.54) is 0 Å². The largest absolute Gasteiger partial charge is 0.350 e. The standard InChI is InChI=1S/C12H21N9/c1-5-9-8(7-21(4)19-9)6-14-10-15-11(18-13)17-12(16-10)20(2)3/h7H,5-6,13H2,1-4H3,(H2,14,15,16,17,18). The van der Waals surface area contributed by atoms with E-state index in [9.17, 15) is 0 Å². The molecular formula is C12H21N9. The van der Waals surface area contributed by atoms with Crippen LogP contribution in [0.15, 0.2) is 6.20 Å². The van der Waals surface area contributed by atoms with E-state index in [0.717, 1.165) is 17.7 Å². The molecular weight excluding hydrogens is 270 g/mol. The van der Waals surface area contributed by atoms with Gasteiger partial charge < -0.3 is 10.2 Å². The Kier molecular flexibility index (Phi) is 4.53. The van der Waals surface area contributed by atoms with Crippen molar-refractivity contribution in [1.82, 2.24) is 24.7 Å². The Morgan fingerprint density at radius 3 is 2.57 bits per heavy atom. The lowest BCUT2D eigenvalue weighted by Gasteiger charge is -2.13. The van der Waals surface area contributed by atoms with Crippen LogP contribution in [0.1, 0.15) is 18.2 Å². The van der Waals surface area contributed by atoms with Crippen molar-refractivity contribution in [2.24, 2.45) is 12.9 Å². The second-order valence-electron chi connectivity index (χ2n) is 4.80. The summed E-state index contributed by atoms with van der Waals surface area (Å²) < 4.78 is 1.81. The quantitative estimate of drug-likeness (QED) is 0.509. The van der Waals surface area contributed by atoms with Crippen LogP contribution in [-0.4, -0.2) is 38.8 Å². The van der Waals surface area contributed by atoms with Gasteiger partial charge in [0.1, 0.15) is 0 Å². The SMILES string of the molecule is CCc1nn(C)cc1CNc1nc(NN)nc(N(C)C)n1. The minimum absolute atomic E-state index is 0.318. The van der Waals surface area contributed by atoms with E-state index in [2.05, 4.69) is 37.7 Å². The molecule has 2 aromatic rings. The van der Waals surface area contributed by atoms with Gasteiger partial charge in [-0.2, -0.15) is 20.1 Å². The lowest BCUT2D eigenvalue weighted by atomic mass is 10.2. The molecule has 0 aliphatic heterocycles. The van der Waals surface area contributed by atoms with Gasteiger partial charge in [0.25, 0.3) is 0 Å². The highest BCUT2D eigenvalue weighted by Crippen LogP contribution is 2.13. The van der Waals surface area contributed by atoms with Crippen LogP contribution >= 0.6 is 0 Å². The minimum Gasteiger partial charge on any atom is -0.350 e. The molecule has 0 spiro atoms. The molecule has 2 heterocycles. The molecule has 4 N–H and O–H groups in total. The van der Waals surface area contributed by atoms with Gasteiger partial charge in [-0.25, -0.2) is 5.84 Å². The van der Waals surface area contributed by atoms with Gasteiger partial charge in [0, 0.05) is 39.4 Å².